The molecule has 1 N–H and O–H groups in total. The molecule has 3 aromatic carbocycles. The summed E-state index contributed by atoms with van der Waals surface area (Å²) in [6, 6.07) is 26.5. The number of hydrogen-bond donors (Lipinski definition) is 1. The molecule has 0 amide bonds. The summed E-state index contributed by atoms with van der Waals surface area (Å²) in [6.07, 6.45) is 0.692. The van der Waals surface area contributed by atoms with Crippen molar-refractivity contribution >= 4 is 0 Å². The van der Waals surface area contributed by atoms with E-state index in [0.29, 0.717) is 13.0 Å². The fourth-order valence-electron chi connectivity index (χ4n) is 2.54. The molecule has 0 saturated carbocycles. The Balaban J connectivity index is 1.73. The fourth-order valence-corrected chi connectivity index (χ4v) is 2.54. The summed E-state index contributed by atoms with van der Waals surface area (Å²) in [4.78, 5) is 0. The van der Waals surface area contributed by atoms with Crippen molar-refractivity contribution in [3.8, 4) is 16.9 Å². The van der Waals surface area contributed by atoms with Crippen LogP contribution in [0.5, 0.6) is 5.75 Å². The standard InChI is InChI=1S/C21H20O2/c22-15-14-17-10-12-18(13-11-17)16-23-21-9-5-4-8-20(21)19-6-2-1-3-7-19/h1-13,22H,14-16H2. The molecular weight excluding hydrogens is 284 g/mol. The number of aliphatic hydroxyl groups excluding tert-OH is 1. The van der Waals surface area contributed by atoms with Crippen molar-refractivity contribution in [1.29, 1.82) is 0 Å². The molecule has 0 aromatic heterocycles. The van der Waals surface area contributed by atoms with Crippen molar-refractivity contribution < 1.29 is 9.84 Å². The number of para-hydroxylation sites is 1. The van der Waals surface area contributed by atoms with E-state index >= 15 is 0 Å². The first kappa shape index (κ1) is 15.3. The Kier molecular flexibility index (Phi) is 5.07. The van der Waals surface area contributed by atoms with Crippen LogP contribution in [0.25, 0.3) is 11.1 Å². The van der Waals surface area contributed by atoms with Gasteiger partial charge in [-0.25, -0.2) is 0 Å². The molecule has 0 atom stereocenters. The van der Waals surface area contributed by atoms with Crippen LogP contribution < -0.4 is 4.74 Å². The second-order valence-electron chi connectivity index (χ2n) is 5.44. The second-order valence-corrected chi connectivity index (χ2v) is 5.44. The van der Waals surface area contributed by atoms with E-state index in [2.05, 4.69) is 30.3 Å². The summed E-state index contributed by atoms with van der Waals surface area (Å²) in [6.45, 7) is 0.712. The highest BCUT2D eigenvalue weighted by molar-refractivity contribution is 5.70. The van der Waals surface area contributed by atoms with Gasteiger partial charge in [0.15, 0.2) is 0 Å². The largest absolute Gasteiger partial charge is 0.488 e. The van der Waals surface area contributed by atoms with E-state index in [0.717, 1.165) is 28.0 Å². The topological polar surface area (TPSA) is 29.5 Å². The summed E-state index contributed by atoms with van der Waals surface area (Å²) in [5.41, 5.74) is 4.52. The molecular formula is C21H20O2. The van der Waals surface area contributed by atoms with Gasteiger partial charge in [-0.1, -0.05) is 72.8 Å². The zero-order valence-corrected chi connectivity index (χ0v) is 13.0. The Hall–Kier alpha value is -2.58. The van der Waals surface area contributed by atoms with Crippen LogP contribution in [0.2, 0.25) is 0 Å². The molecule has 0 aliphatic heterocycles. The van der Waals surface area contributed by atoms with Crippen molar-refractivity contribution in [2.24, 2.45) is 0 Å². The molecule has 0 bridgehead atoms. The number of hydrogen-bond acceptors (Lipinski definition) is 2. The first-order valence-corrected chi connectivity index (χ1v) is 7.83. The average Bonchev–Trinajstić information content (AvgIpc) is 2.62. The second kappa shape index (κ2) is 7.61. The molecule has 0 unspecified atom stereocenters. The third-order valence-corrected chi connectivity index (χ3v) is 3.79. The zero-order chi connectivity index (χ0) is 15.9. The van der Waals surface area contributed by atoms with Gasteiger partial charge in [-0.2, -0.15) is 0 Å². The van der Waals surface area contributed by atoms with Crippen LogP contribution in [0.4, 0.5) is 0 Å². The van der Waals surface area contributed by atoms with Crippen LogP contribution in [0.3, 0.4) is 0 Å². The highest BCUT2D eigenvalue weighted by atomic mass is 16.5. The molecule has 116 valence electrons. The van der Waals surface area contributed by atoms with Gasteiger partial charge in [0.25, 0.3) is 0 Å². The maximum Gasteiger partial charge on any atom is 0.127 e. The Morgan fingerprint density at radius 1 is 0.696 bits per heavy atom. The highest BCUT2D eigenvalue weighted by Gasteiger charge is 2.05. The van der Waals surface area contributed by atoms with Gasteiger partial charge in [-0.15, -0.1) is 0 Å². The first-order chi connectivity index (χ1) is 11.4. The van der Waals surface area contributed by atoms with Gasteiger partial charge in [0.2, 0.25) is 0 Å². The van der Waals surface area contributed by atoms with Gasteiger partial charge in [0, 0.05) is 12.2 Å². The Labute approximate surface area is 137 Å². The average molecular weight is 304 g/mol. The first-order valence-electron chi connectivity index (χ1n) is 7.83. The Bertz CT molecular complexity index is 733. The summed E-state index contributed by atoms with van der Waals surface area (Å²) < 4.78 is 6.03. The molecule has 23 heavy (non-hydrogen) atoms. The zero-order valence-electron chi connectivity index (χ0n) is 13.0. The monoisotopic (exact) mass is 304 g/mol. The van der Waals surface area contributed by atoms with E-state index in [4.69, 9.17) is 9.84 Å². The van der Waals surface area contributed by atoms with Gasteiger partial charge in [-0.05, 0) is 29.2 Å². The molecule has 3 rings (SSSR count). The van der Waals surface area contributed by atoms with E-state index in [1.54, 1.807) is 0 Å². The molecule has 0 saturated heterocycles. The fraction of sp³-hybridized carbons (Fsp3) is 0.143. The molecule has 3 aromatic rings. The summed E-state index contributed by atoms with van der Waals surface area (Å²) in [5.74, 6) is 0.887. The lowest BCUT2D eigenvalue weighted by atomic mass is 10.0. The van der Waals surface area contributed by atoms with Gasteiger partial charge < -0.3 is 9.84 Å². The molecule has 2 heteroatoms. The van der Waals surface area contributed by atoms with E-state index < -0.39 is 0 Å². The number of aliphatic hydroxyl groups is 1. The SMILES string of the molecule is OCCc1ccc(COc2ccccc2-c2ccccc2)cc1. The lowest BCUT2D eigenvalue weighted by Gasteiger charge is -2.12. The lowest BCUT2D eigenvalue weighted by molar-refractivity contribution is 0.299. The van der Waals surface area contributed by atoms with Crippen LogP contribution in [0.1, 0.15) is 11.1 Å². The molecule has 0 fully saturated rings. The predicted molar refractivity (Wildman–Crippen MR) is 93.4 cm³/mol. The molecule has 0 aliphatic rings. The van der Waals surface area contributed by atoms with Crippen LogP contribution in [-0.2, 0) is 13.0 Å². The minimum Gasteiger partial charge on any atom is -0.488 e. The Morgan fingerprint density at radius 3 is 2.09 bits per heavy atom. The van der Waals surface area contributed by atoms with E-state index in [-0.39, 0.29) is 6.61 Å². The normalized spacial score (nSPS) is 10.5. The van der Waals surface area contributed by atoms with Crippen LogP contribution >= 0.6 is 0 Å². The number of ether oxygens (including phenoxy) is 1. The smallest absolute Gasteiger partial charge is 0.127 e. The predicted octanol–water partition coefficient (Wildman–Crippen LogP) is 4.47. The van der Waals surface area contributed by atoms with E-state index in [1.165, 1.54) is 0 Å². The Morgan fingerprint density at radius 2 is 1.35 bits per heavy atom. The van der Waals surface area contributed by atoms with Crippen molar-refractivity contribution in [1.82, 2.24) is 0 Å². The third-order valence-electron chi connectivity index (χ3n) is 3.79. The maximum atomic E-state index is 8.96. The number of benzene rings is 3. The molecule has 2 nitrogen and oxygen atoms in total. The van der Waals surface area contributed by atoms with E-state index in [1.807, 2.05) is 48.5 Å². The molecule has 0 radical (unpaired) electrons. The number of rotatable bonds is 6. The van der Waals surface area contributed by atoms with Crippen LogP contribution in [0, 0.1) is 0 Å². The minimum absolute atomic E-state index is 0.181. The summed E-state index contributed by atoms with van der Waals surface area (Å²) in [5, 5.41) is 8.96. The van der Waals surface area contributed by atoms with Crippen molar-refractivity contribution in [2.75, 3.05) is 6.61 Å². The van der Waals surface area contributed by atoms with Crippen LogP contribution in [0.15, 0.2) is 78.9 Å². The highest BCUT2D eigenvalue weighted by Crippen LogP contribution is 2.30. The maximum absolute atomic E-state index is 8.96. The van der Waals surface area contributed by atoms with E-state index in [9.17, 15) is 0 Å². The summed E-state index contributed by atoms with van der Waals surface area (Å²) in [7, 11) is 0. The van der Waals surface area contributed by atoms with Gasteiger partial charge in [0.1, 0.15) is 12.4 Å². The van der Waals surface area contributed by atoms with Gasteiger partial charge in [0.05, 0.1) is 0 Å². The van der Waals surface area contributed by atoms with Gasteiger partial charge >= 0.3 is 0 Å². The van der Waals surface area contributed by atoms with Crippen LogP contribution in [-0.4, -0.2) is 11.7 Å². The van der Waals surface area contributed by atoms with Gasteiger partial charge in [-0.3, -0.25) is 0 Å². The third kappa shape index (κ3) is 3.99. The lowest BCUT2D eigenvalue weighted by Crippen LogP contribution is -1.98. The molecule has 0 aliphatic carbocycles. The van der Waals surface area contributed by atoms with Crippen molar-refractivity contribution in [3.05, 3.63) is 90.0 Å². The minimum atomic E-state index is 0.181. The van der Waals surface area contributed by atoms with Crippen molar-refractivity contribution in [2.45, 2.75) is 13.0 Å². The quantitative estimate of drug-likeness (QED) is 0.728. The molecule has 0 heterocycles. The van der Waals surface area contributed by atoms with Crippen molar-refractivity contribution in [3.63, 3.8) is 0 Å². The molecule has 0 spiro atoms. The summed E-state index contributed by atoms with van der Waals surface area (Å²) >= 11 is 0.